The van der Waals surface area contributed by atoms with Crippen LogP contribution < -0.4 is 5.56 Å². The van der Waals surface area contributed by atoms with Gasteiger partial charge in [0.15, 0.2) is 0 Å². The summed E-state index contributed by atoms with van der Waals surface area (Å²) in [5, 5.41) is 0.875. The second-order valence-corrected chi connectivity index (χ2v) is 6.99. The maximum atomic E-state index is 12.9. The molecular formula is C18H18N2OS. The number of hydrogen-bond acceptors (Lipinski definition) is 3. The second-order valence-electron chi connectivity index (χ2n) is 5.91. The van der Waals surface area contributed by atoms with Crippen molar-refractivity contribution in [3.8, 4) is 0 Å². The van der Waals surface area contributed by atoms with Gasteiger partial charge in [-0.05, 0) is 36.8 Å². The molecule has 1 aliphatic carbocycles. The Morgan fingerprint density at radius 1 is 1.09 bits per heavy atom. The van der Waals surface area contributed by atoms with Crippen LogP contribution in [0.1, 0.15) is 35.3 Å². The lowest BCUT2D eigenvalue weighted by Gasteiger charge is -2.06. The van der Waals surface area contributed by atoms with Crippen LogP contribution in [-0.4, -0.2) is 9.55 Å². The van der Waals surface area contributed by atoms with Crippen LogP contribution in [0.15, 0.2) is 41.5 Å². The number of aromatic nitrogens is 2. The zero-order valence-electron chi connectivity index (χ0n) is 12.4. The average molecular weight is 310 g/mol. The first kappa shape index (κ1) is 13.7. The van der Waals surface area contributed by atoms with Crippen molar-refractivity contribution in [1.29, 1.82) is 0 Å². The summed E-state index contributed by atoms with van der Waals surface area (Å²) in [5.74, 6) is 0. The van der Waals surface area contributed by atoms with E-state index in [4.69, 9.17) is 0 Å². The molecule has 0 saturated heterocycles. The Labute approximate surface area is 133 Å². The van der Waals surface area contributed by atoms with Gasteiger partial charge in [0.05, 0.1) is 18.3 Å². The highest BCUT2D eigenvalue weighted by molar-refractivity contribution is 7.18. The molecule has 112 valence electrons. The van der Waals surface area contributed by atoms with E-state index in [2.05, 4.69) is 4.98 Å². The topological polar surface area (TPSA) is 34.9 Å². The van der Waals surface area contributed by atoms with Crippen LogP contribution in [0.4, 0.5) is 0 Å². The van der Waals surface area contributed by atoms with Gasteiger partial charge in [-0.2, -0.15) is 0 Å². The Bertz CT molecular complexity index is 864. The van der Waals surface area contributed by atoms with Crippen LogP contribution >= 0.6 is 11.3 Å². The van der Waals surface area contributed by atoms with E-state index in [0.717, 1.165) is 28.6 Å². The predicted octanol–water partition coefficient (Wildman–Crippen LogP) is 3.78. The first-order chi connectivity index (χ1) is 10.8. The smallest absolute Gasteiger partial charge is 0.262 e. The van der Waals surface area contributed by atoms with Crippen molar-refractivity contribution in [3.05, 3.63) is 63.0 Å². The minimum absolute atomic E-state index is 0.119. The summed E-state index contributed by atoms with van der Waals surface area (Å²) in [6.07, 6.45) is 7.52. The molecule has 0 aliphatic heterocycles. The van der Waals surface area contributed by atoms with E-state index >= 15 is 0 Å². The molecule has 0 amide bonds. The third kappa shape index (κ3) is 2.37. The summed E-state index contributed by atoms with van der Waals surface area (Å²) in [7, 11) is 0. The normalized spacial score (nSPS) is 14.7. The predicted molar refractivity (Wildman–Crippen MR) is 90.7 cm³/mol. The molecule has 4 rings (SSSR count). The molecule has 1 aromatic carbocycles. The van der Waals surface area contributed by atoms with Gasteiger partial charge in [0, 0.05) is 4.88 Å². The number of aryl methyl sites for hydroxylation is 2. The number of benzene rings is 1. The molecule has 1 aliphatic rings. The average Bonchev–Trinajstić information content (AvgIpc) is 2.74. The Morgan fingerprint density at radius 3 is 2.77 bits per heavy atom. The fraction of sp³-hybridized carbons (Fsp3) is 0.333. The summed E-state index contributed by atoms with van der Waals surface area (Å²) >= 11 is 1.72. The zero-order valence-corrected chi connectivity index (χ0v) is 13.2. The van der Waals surface area contributed by atoms with E-state index < -0.39 is 0 Å². The SMILES string of the molecule is O=c1c2c3c(sc2ncn1Cc1ccccc1)CCCCC3. The van der Waals surface area contributed by atoms with E-state index in [1.165, 1.54) is 29.7 Å². The number of thiophene rings is 1. The Kier molecular flexibility index (Phi) is 3.54. The molecule has 0 N–H and O–H groups in total. The van der Waals surface area contributed by atoms with Crippen LogP contribution in [0.5, 0.6) is 0 Å². The number of rotatable bonds is 2. The lowest BCUT2D eigenvalue weighted by Crippen LogP contribution is -2.21. The highest BCUT2D eigenvalue weighted by atomic mass is 32.1. The largest absolute Gasteiger partial charge is 0.294 e. The summed E-state index contributed by atoms with van der Waals surface area (Å²) in [6.45, 7) is 0.591. The Morgan fingerprint density at radius 2 is 1.91 bits per heavy atom. The van der Waals surface area contributed by atoms with Gasteiger partial charge in [-0.15, -0.1) is 11.3 Å². The Balaban J connectivity index is 1.83. The molecule has 0 unspecified atom stereocenters. The van der Waals surface area contributed by atoms with Crippen LogP contribution in [0, 0.1) is 0 Å². The zero-order chi connectivity index (χ0) is 14.9. The highest BCUT2D eigenvalue weighted by Gasteiger charge is 2.19. The minimum Gasteiger partial charge on any atom is -0.294 e. The third-order valence-electron chi connectivity index (χ3n) is 4.39. The summed E-state index contributed by atoms with van der Waals surface area (Å²) in [5.41, 5.74) is 2.53. The molecule has 2 aromatic heterocycles. The van der Waals surface area contributed by atoms with Gasteiger partial charge in [-0.1, -0.05) is 36.8 Å². The first-order valence-corrected chi connectivity index (χ1v) is 8.68. The quantitative estimate of drug-likeness (QED) is 0.675. The van der Waals surface area contributed by atoms with Gasteiger partial charge < -0.3 is 0 Å². The molecule has 0 spiro atoms. The van der Waals surface area contributed by atoms with E-state index in [1.54, 1.807) is 22.2 Å². The van der Waals surface area contributed by atoms with E-state index in [9.17, 15) is 4.79 Å². The fourth-order valence-corrected chi connectivity index (χ4v) is 4.47. The van der Waals surface area contributed by atoms with Crippen molar-refractivity contribution in [2.45, 2.75) is 38.6 Å². The van der Waals surface area contributed by atoms with Crippen LogP contribution in [0.3, 0.4) is 0 Å². The summed E-state index contributed by atoms with van der Waals surface area (Å²) < 4.78 is 1.75. The number of nitrogens with zero attached hydrogens (tertiary/aromatic N) is 2. The number of fused-ring (bicyclic) bond motifs is 3. The standard InChI is InChI=1S/C18H18N2OS/c21-18-16-14-9-5-2-6-10-15(14)22-17(16)19-12-20(18)11-13-7-3-1-4-8-13/h1,3-4,7-8,12H,2,5-6,9-11H2. The monoisotopic (exact) mass is 310 g/mol. The minimum atomic E-state index is 0.119. The fourth-order valence-electron chi connectivity index (χ4n) is 3.25. The molecule has 0 saturated carbocycles. The van der Waals surface area contributed by atoms with E-state index in [1.807, 2.05) is 30.3 Å². The van der Waals surface area contributed by atoms with Crippen molar-refractivity contribution in [2.75, 3.05) is 0 Å². The molecule has 22 heavy (non-hydrogen) atoms. The lowest BCUT2D eigenvalue weighted by atomic mass is 10.1. The van der Waals surface area contributed by atoms with Gasteiger partial charge in [0.25, 0.3) is 5.56 Å². The van der Waals surface area contributed by atoms with E-state index in [-0.39, 0.29) is 5.56 Å². The van der Waals surface area contributed by atoms with Crippen molar-refractivity contribution < 1.29 is 0 Å². The molecule has 3 aromatic rings. The third-order valence-corrected chi connectivity index (χ3v) is 5.59. The summed E-state index contributed by atoms with van der Waals surface area (Å²) in [6, 6.07) is 10.1. The second kappa shape index (κ2) is 5.69. The molecule has 4 heteroatoms. The molecule has 0 atom stereocenters. The maximum absolute atomic E-state index is 12.9. The number of hydrogen-bond donors (Lipinski definition) is 0. The molecule has 0 fully saturated rings. The highest BCUT2D eigenvalue weighted by Crippen LogP contribution is 2.32. The molecule has 2 heterocycles. The van der Waals surface area contributed by atoms with Crippen LogP contribution in [-0.2, 0) is 19.4 Å². The Hall–Kier alpha value is -1.94. The van der Waals surface area contributed by atoms with Crippen molar-refractivity contribution in [1.82, 2.24) is 9.55 Å². The van der Waals surface area contributed by atoms with Gasteiger partial charge in [0.2, 0.25) is 0 Å². The molecule has 0 bridgehead atoms. The lowest BCUT2D eigenvalue weighted by molar-refractivity contribution is 0.712. The first-order valence-electron chi connectivity index (χ1n) is 7.86. The van der Waals surface area contributed by atoms with Gasteiger partial charge >= 0.3 is 0 Å². The van der Waals surface area contributed by atoms with Crippen molar-refractivity contribution in [3.63, 3.8) is 0 Å². The van der Waals surface area contributed by atoms with Gasteiger partial charge in [-0.3, -0.25) is 9.36 Å². The molecule has 0 radical (unpaired) electrons. The molecule has 3 nitrogen and oxygen atoms in total. The van der Waals surface area contributed by atoms with Gasteiger partial charge in [-0.25, -0.2) is 4.98 Å². The van der Waals surface area contributed by atoms with Crippen LogP contribution in [0.25, 0.3) is 10.2 Å². The summed E-state index contributed by atoms with van der Waals surface area (Å²) in [4.78, 5) is 19.8. The van der Waals surface area contributed by atoms with Crippen LogP contribution in [0.2, 0.25) is 0 Å². The van der Waals surface area contributed by atoms with Crippen molar-refractivity contribution >= 4 is 21.6 Å². The maximum Gasteiger partial charge on any atom is 0.262 e. The van der Waals surface area contributed by atoms with E-state index in [0.29, 0.717) is 6.54 Å². The molecular weight excluding hydrogens is 292 g/mol. The van der Waals surface area contributed by atoms with Crippen molar-refractivity contribution in [2.24, 2.45) is 0 Å². The van der Waals surface area contributed by atoms with Gasteiger partial charge in [0.1, 0.15) is 4.83 Å².